The van der Waals surface area contributed by atoms with Crippen molar-refractivity contribution < 1.29 is 0 Å². The van der Waals surface area contributed by atoms with E-state index in [0.29, 0.717) is 6.54 Å². The van der Waals surface area contributed by atoms with Gasteiger partial charge in [-0.2, -0.15) is 0 Å². The van der Waals surface area contributed by atoms with Crippen LogP contribution in [0.1, 0.15) is 5.56 Å². The van der Waals surface area contributed by atoms with Gasteiger partial charge in [0, 0.05) is 24.5 Å². The molecule has 2 rings (SSSR count). The number of amidine groups is 1. The molecule has 0 aromatic heterocycles. The summed E-state index contributed by atoms with van der Waals surface area (Å²) in [6.45, 7) is 0.702. The van der Waals surface area contributed by atoms with Crippen molar-refractivity contribution in [2.24, 2.45) is 9.98 Å². The molecule has 0 spiro atoms. The Kier molecular flexibility index (Phi) is 2.08. The second kappa shape index (κ2) is 3.39. The van der Waals surface area contributed by atoms with Gasteiger partial charge in [-0.1, -0.05) is 12.1 Å². The Morgan fingerprint density at radius 1 is 1.31 bits per heavy atom. The van der Waals surface area contributed by atoms with Crippen LogP contribution in [-0.2, 0) is 0 Å². The van der Waals surface area contributed by atoms with E-state index in [4.69, 9.17) is 0 Å². The van der Waals surface area contributed by atoms with Gasteiger partial charge in [0.2, 0.25) is 0 Å². The maximum atomic E-state index is 4.27. The average molecular weight is 173 g/mol. The number of anilines is 1. The van der Waals surface area contributed by atoms with Crippen LogP contribution in [0, 0.1) is 0 Å². The molecule has 0 saturated carbocycles. The maximum Gasteiger partial charge on any atom is 0.156 e. The number of rotatable bonds is 2. The van der Waals surface area contributed by atoms with Gasteiger partial charge in [0.25, 0.3) is 0 Å². The third-order valence-electron chi connectivity index (χ3n) is 1.97. The molecular formula is C10H11N3. The van der Waals surface area contributed by atoms with Crippen molar-refractivity contribution in [3.8, 4) is 0 Å². The monoisotopic (exact) mass is 173 g/mol. The lowest BCUT2D eigenvalue weighted by Crippen LogP contribution is -2.00. The van der Waals surface area contributed by atoms with Crippen molar-refractivity contribution in [1.82, 2.24) is 0 Å². The fourth-order valence-electron chi connectivity index (χ4n) is 1.35. The van der Waals surface area contributed by atoms with Crippen molar-refractivity contribution >= 4 is 17.7 Å². The van der Waals surface area contributed by atoms with Crippen LogP contribution in [0.15, 0.2) is 34.3 Å². The molecule has 0 unspecified atom stereocenters. The molecule has 0 amide bonds. The first-order valence-electron chi connectivity index (χ1n) is 4.26. The van der Waals surface area contributed by atoms with Gasteiger partial charge < -0.3 is 5.32 Å². The zero-order valence-corrected chi connectivity index (χ0v) is 7.49. The molecule has 3 heteroatoms. The van der Waals surface area contributed by atoms with Crippen LogP contribution in [0.2, 0.25) is 0 Å². The zero-order chi connectivity index (χ0) is 9.10. The summed E-state index contributed by atoms with van der Waals surface area (Å²) >= 11 is 0. The predicted molar refractivity (Wildman–Crippen MR) is 55.9 cm³/mol. The molecule has 66 valence electrons. The van der Waals surface area contributed by atoms with Gasteiger partial charge in [0.15, 0.2) is 5.84 Å². The lowest BCUT2D eigenvalue weighted by molar-refractivity contribution is 1.35. The number of para-hydroxylation sites is 1. The summed E-state index contributed by atoms with van der Waals surface area (Å²) in [7, 11) is 1.90. The van der Waals surface area contributed by atoms with Gasteiger partial charge in [0.05, 0.1) is 6.54 Å². The van der Waals surface area contributed by atoms with E-state index in [1.807, 2.05) is 37.5 Å². The van der Waals surface area contributed by atoms with E-state index in [2.05, 4.69) is 15.3 Å². The van der Waals surface area contributed by atoms with E-state index in [1.54, 1.807) is 0 Å². The Balaban J connectivity index is 2.44. The molecule has 0 fully saturated rings. The second-order valence-corrected chi connectivity index (χ2v) is 2.77. The average Bonchev–Trinajstić information content (AvgIpc) is 2.70. The van der Waals surface area contributed by atoms with Crippen LogP contribution in [0.25, 0.3) is 0 Å². The smallest absolute Gasteiger partial charge is 0.156 e. The molecule has 1 aromatic rings. The lowest BCUT2D eigenvalue weighted by Gasteiger charge is -2.05. The fraction of sp³-hybridized carbons (Fsp3) is 0.200. The summed E-state index contributed by atoms with van der Waals surface area (Å²) < 4.78 is 0. The van der Waals surface area contributed by atoms with Crippen molar-refractivity contribution in [1.29, 1.82) is 0 Å². The molecule has 1 N–H and O–H groups in total. The van der Waals surface area contributed by atoms with Crippen molar-refractivity contribution in [2.45, 2.75) is 0 Å². The summed E-state index contributed by atoms with van der Waals surface area (Å²) in [6, 6.07) is 8.03. The number of nitrogens with zero attached hydrogens (tertiary/aromatic N) is 2. The molecular weight excluding hydrogens is 162 g/mol. The Morgan fingerprint density at radius 3 is 2.85 bits per heavy atom. The van der Waals surface area contributed by atoms with Crippen LogP contribution >= 0.6 is 0 Å². The first kappa shape index (κ1) is 7.98. The summed E-state index contributed by atoms with van der Waals surface area (Å²) in [4.78, 5) is 8.47. The predicted octanol–water partition coefficient (Wildman–Crippen LogP) is 1.56. The van der Waals surface area contributed by atoms with Crippen molar-refractivity contribution in [3.05, 3.63) is 29.8 Å². The Hall–Kier alpha value is -1.64. The van der Waals surface area contributed by atoms with E-state index in [1.165, 1.54) is 0 Å². The summed E-state index contributed by atoms with van der Waals surface area (Å²) in [5.74, 6) is 0.824. The van der Waals surface area contributed by atoms with Crippen LogP contribution in [0.3, 0.4) is 0 Å². The minimum Gasteiger partial charge on any atom is -0.388 e. The third-order valence-corrected chi connectivity index (χ3v) is 1.97. The van der Waals surface area contributed by atoms with Gasteiger partial charge in [-0.15, -0.1) is 0 Å². The number of benzene rings is 1. The van der Waals surface area contributed by atoms with E-state index < -0.39 is 0 Å². The highest BCUT2D eigenvalue weighted by molar-refractivity contribution is 6.09. The van der Waals surface area contributed by atoms with Gasteiger partial charge in [-0.25, -0.2) is 4.99 Å². The normalized spacial score (nSPS) is 14.4. The van der Waals surface area contributed by atoms with Gasteiger partial charge >= 0.3 is 0 Å². The molecule has 1 aliphatic rings. The van der Waals surface area contributed by atoms with E-state index in [0.717, 1.165) is 17.1 Å². The van der Waals surface area contributed by atoms with Crippen LogP contribution in [0.5, 0.6) is 0 Å². The largest absolute Gasteiger partial charge is 0.388 e. The van der Waals surface area contributed by atoms with Gasteiger partial charge in [-0.3, -0.25) is 4.99 Å². The molecule has 0 aliphatic carbocycles. The van der Waals surface area contributed by atoms with Crippen molar-refractivity contribution in [3.63, 3.8) is 0 Å². The third kappa shape index (κ3) is 1.45. The van der Waals surface area contributed by atoms with E-state index in [9.17, 15) is 0 Å². The summed E-state index contributed by atoms with van der Waals surface area (Å²) in [6.07, 6.45) is 1.82. The lowest BCUT2D eigenvalue weighted by atomic mass is 10.1. The number of nitrogens with one attached hydrogen (secondary N) is 1. The second-order valence-electron chi connectivity index (χ2n) is 2.77. The van der Waals surface area contributed by atoms with Crippen LogP contribution in [0.4, 0.5) is 5.69 Å². The van der Waals surface area contributed by atoms with Crippen LogP contribution in [-0.4, -0.2) is 25.6 Å². The summed E-state index contributed by atoms with van der Waals surface area (Å²) in [5, 5.41) is 3.12. The molecule has 3 nitrogen and oxygen atoms in total. The standard InChI is InChI=1S/C10H11N3/c1-11-9-5-3-2-4-8(9)10-12-6-7-13-10/h2-6,11H,7H2,1H3. The molecule has 0 atom stereocenters. The van der Waals surface area contributed by atoms with Crippen molar-refractivity contribution in [2.75, 3.05) is 18.9 Å². The molecule has 1 aromatic carbocycles. The highest BCUT2D eigenvalue weighted by Crippen LogP contribution is 2.16. The topological polar surface area (TPSA) is 36.8 Å². The van der Waals surface area contributed by atoms with Crippen LogP contribution < -0.4 is 5.32 Å². The number of aliphatic imine (C=N–C) groups is 2. The van der Waals surface area contributed by atoms with Gasteiger partial charge in [-0.05, 0) is 12.1 Å². The molecule has 1 aliphatic heterocycles. The van der Waals surface area contributed by atoms with E-state index in [-0.39, 0.29) is 0 Å². The first-order chi connectivity index (χ1) is 6.42. The number of hydrogen-bond donors (Lipinski definition) is 1. The Morgan fingerprint density at radius 2 is 2.15 bits per heavy atom. The first-order valence-corrected chi connectivity index (χ1v) is 4.26. The van der Waals surface area contributed by atoms with E-state index >= 15 is 0 Å². The SMILES string of the molecule is CNc1ccccc1C1=NCC=N1. The maximum absolute atomic E-state index is 4.27. The Labute approximate surface area is 77.2 Å². The molecule has 13 heavy (non-hydrogen) atoms. The quantitative estimate of drug-likeness (QED) is 0.724. The fourth-order valence-corrected chi connectivity index (χ4v) is 1.35. The highest BCUT2D eigenvalue weighted by atomic mass is 15.0. The minimum atomic E-state index is 0.702. The molecule has 0 radical (unpaired) electrons. The zero-order valence-electron chi connectivity index (χ0n) is 7.49. The number of hydrogen-bond acceptors (Lipinski definition) is 3. The highest BCUT2D eigenvalue weighted by Gasteiger charge is 2.08. The van der Waals surface area contributed by atoms with Gasteiger partial charge in [0.1, 0.15) is 0 Å². The Bertz CT molecular complexity index is 366. The minimum absolute atomic E-state index is 0.702. The summed E-state index contributed by atoms with van der Waals surface area (Å²) in [5.41, 5.74) is 2.14. The molecule has 1 heterocycles. The molecule has 0 saturated heterocycles. The molecule has 0 bridgehead atoms.